The first kappa shape index (κ1) is 13.4. The standard InChI is InChI=1S/C13H17N3O3/c14-12(18)11(17)7-16-13(19)9-5-6-15-10-4-2-1-3-8(9)10/h1-4,9,11,15,17H,5-7H2,(H2,14,18)(H,16,19). The number of hydrogen-bond acceptors (Lipinski definition) is 4. The van der Waals surface area contributed by atoms with Gasteiger partial charge in [-0.3, -0.25) is 9.59 Å². The lowest BCUT2D eigenvalue weighted by molar-refractivity contribution is -0.127. The van der Waals surface area contributed by atoms with Gasteiger partial charge < -0.3 is 21.5 Å². The van der Waals surface area contributed by atoms with Crippen LogP contribution in [0.5, 0.6) is 0 Å². The molecule has 0 radical (unpaired) electrons. The van der Waals surface area contributed by atoms with Crippen LogP contribution < -0.4 is 16.4 Å². The highest BCUT2D eigenvalue weighted by molar-refractivity contribution is 5.87. The summed E-state index contributed by atoms with van der Waals surface area (Å²) in [5.74, 6) is -1.31. The number of primary amides is 1. The van der Waals surface area contributed by atoms with Gasteiger partial charge in [-0.2, -0.15) is 0 Å². The second-order valence-electron chi connectivity index (χ2n) is 4.52. The van der Waals surface area contributed by atoms with E-state index >= 15 is 0 Å². The summed E-state index contributed by atoms with van der Waals surface area (Å²) < 4.78 is 0. The molecule has 6 heteroatoms. The van der Waals surface area contributed by atoms with E-state index in [2.05, 4.69) is 10.6 Å². The maximum absolute atomic E-state index is 12.1. The number of nitrogens with two attached hydrogens (primary N) is 1. The fourth-order valence-electron chi connectivity index (χ4n) is 2.16. The van der Waals surface area contributed by atoms with E-state index in [0.29, 0.717) is 13.0 Å². The Morgan fingerprint density at radius 1 is 1.47 bits per heavy atom. The average molecular weight is 263 g/mol. The van der Waals surface area contributed by atoms with Crippen molar-refractivity contribution in [3.63, 3.8) is 0 Å². The molecule has 6 nitrogen and oxygen atoms in total. The zero-order valence-electron chi connectivity index (χ0n) is 10.4. The molecule has 2 atom stereocenters. The van der Waals surface area contributed by atoms with Crippen molar-refractivity contribution in [1.29, 1.82) is 0 Å². The minimum absolute atomic E-state index is 0.153. The van der Waals surface area contributed by atoms with Crippen LogP contribution in [0.2, 0.25) is 0 Å². The van der Waals surface area contributed by atoms with Gasteiger partial charge in [0.2, 0.25) is 11.8 Å². The van der Waals surface area contributed by atoms with E-state index in [1.807, 2.05) is 24.3 Å². The molecule has 0 aliphatic carbocycles. The largest absolute Gasteiger partial charge is 0.385 e. The lowest BCUT2D eigenvalue weighted by Gasteiger charge is -2.26. The molecule has 1 aliphatic heterocycles. The topological polar surface area (TPSA) is 104 Å². The molecule has 1 heterocycles. The van der Waals surface area contributed by atoms with Crippen molar-refractivity contribution in [3.8, 4) is 0 Å². The molecule has 2 rings (SSSR count). The third-order valence-electron chi connectivity index (χ3n) is 3.20. The SMILES string of the molecule is NC(=O)C(O)CNC(=O)C1CCNc2ccccc21. The maximum Gasteiger partial charge on any atom is 0.248 e. The third-order valence-corrected chi connectivity index (χ3v) is 3.20. The molecule has 1 aromatic carbocycles. The number of nitrogens with one attached hydrogen (secondary N) is 2. The Morgan fingerprint density at radius 2 is 2.21 bits per heavy atom. The Labute approximate surface area is 111 Å². The predicted octanol–water partition coefficient (Wildman–Crippen LogP) is -0.452. The Morgan fingerprint density at radius 3 is 2.95 bits per heavy atom. The summed E-state index contributed by atoms with van der Waals surface area (Å²) in [6, 6.07) is 7.61. The van der Waals surface area contributed by atoms with E-state index in [1.54, 1.807) is 0 Å². The van der Waals surface area contributed by atoms with Gasteiger partial charge in [-0.05, 0) is 18.1 Å². The van der Waals surface area contributed by atoms with Crippen LogP contribution in [0.3, 0.4) is 0 Å². The number of carbonyl (C=O) groups is 2. The van der Waals surface area contributed by atoms with E-state index in [1.165, 1.54) is 0 Å². The lowest BCUT2D eigenvalue weighted by Crippen LogP contribution is -2.42. The van der Waals surface area contributed by atoms with Gasteiger partial charge in [-0.15, -0.1) is 0 Å². The summed E-state index contributed by atoms with van der Waals surface area (Å²) in [4.78, 5) is 22.8. The Kier molecular flexibility index (Phi) is 4.01. The van der Waals surface area contributed by atoms with Gasteiger partial charge >= 0.3 is 0 Å². The molecular weight excluding hydrogens is 246 g/mol. The predicted molar refractivity (Wildman–Crippen MR) is 70.5 cm³/mol. The van der Waals surface area contributed by atoms with Crippen LogP contribution in [0.4, 0.5) is 5.69 Å². The molecule has 2 unspecified atom stereocenters. The zero-order chi connectivity index (χ0) is 13.8. The van der Waals surface area contributed by atoms with Crippen molar-refractivity contribution in [2.24, 2.45) is 5.73 Å². The fourth-order valence-corrected chi connectivity index (χ4v) is 2.16. The number of para-hydroxylation sites is 1. The molecule has 0 fully saturated rings. The number of fused-ring (bicyclic) bond motifs is 1. The van der Waals surface area contributed by atoms with Crippen LogP contribution in [0, 0.1) is 0 Å². The summed E-state index contributed by atoms with van der Waals surface area (Å²) in [6.45, 7) is 0.563. The molecule has 0 bridgehead atoms. The minimum Gasteiger partial charge on any atom is -0.385 e. The first-order chi connectivity index (χ1) is 9.09. The highest BCUT2D eigenvalue weighted by Crippen LogP contribution is 2.31. The number of rotatable bonds is 4. The van der Waals surface area contributed by atoms with Crippen molar-refractivity contribution in [1.82, 2.24) is 5.32 Å². The van der Waals surface area contributed by atoms with Gasteiger partial charge in [0, 0.05) is 12.2 Å². The highest BCUT2D eigenvalue weighted by atomic mass is 16.3. The second-order valence-corrected chi connectivity index (χ2v) is 4.52. The first-order valence-electron chi connectivity index (χ1n) is 6.17. The van der Waals surface area contributed by atoms with Crippen molar-refractivity contribution in [3.05, 3.63) is 29.8 Å². The van der Waals surface area contributed by atoms with Crippen molar-refractivity contribution >= 4 is 17.5 Å². The summed E-state index contributed by atoms with van der Waals surface area (Å²) in [5.41, 5.74) is 6.81. The van der Waals surface area contributed by atoms with Crippen molar-refractivity contribution < 1.29 is 14.7 Å². The van der Waals surface area contributed by atoms with E-state index in [-0.39, 0.29) is 18.4 Å². The number of amides is 2. The highest BCUT2D eigenvalue weighted by Gasteiger charge is 2.26. The molecule has 0 aromatic heterocycles. The van der Waals surface area contributed by atoms with Crippen LogP contribution >= 0.6 is 0 Å². The second kappa shape index (κ2) is 5.71. The molecule has 0 saturated carbocycles. The van der Waals surface area contributed by atoms with E-state index < -0.39 is 12.0 Å². The normalized spacial score (nSPS) is 18.9. The van der Waals surface area contributed by atoms with Gasteiger partial charge in [0.1, 0.15) is 6.10 Å². The zero-order valence-corrected chi connectivity index (χ0v) is 10.4. The minimum atomic E-state index is -1.35. The summed E-state index contributed by atoms with van der Waals surface area (Å²) >= 11 is 0. The van der Waals surface area contributed by atoms with E-state index in [9.17, 15) is 14.7 Å². The summed E-state index contributed by atoms with van der Waals surface area (Å²) in [5, 5.41) is 15.1. The smallest absolute Gasteiger partial charge is 0.248 e. The van der Waals surface area contributed by atoms with E-state index in [4.69, 9.17) is 5.73 Å². The monoisotopic (exact) mass is 263 g/mol. The molecule has 19 heavy (non-hydrogen) atoms. The van der Waals surface area contributed by atoms with Crippen molar-refractivity contribution in [2.75, 3.05) is 18.4 Å². The van der Waals surface area contributed by atoms with E-state index in [0.717, 1.165) is 11.3 Å². The molecule has 0 spiro atoms. The van der Waals surface area contributed by atoms with Crippen LogP contribution in [0.1, 0.15) is 17.9 Å². The number of hydrogen-bond donors (Lipinski definition) is 4. The van der Waals surface area contributed by atoms with Gasteiger partial charge in [0.15, 0.2) is 0 Å². The average Bonchev–Trinajstić information content (AvgIpc) is 2.43. The lowest BCUT2D eigenvalue weighted by atomic mass is 9.90. The van der Waals surface area contributed by atoms with Crippen molar-refractivity contribution in [2.45, 2.75) is 18.4 Å². The molecule has 1 aliphatic rings. The molecule has 1 aromatic rings. The van der Waals surface area contributed by atoms with Gasteiger partial charge in [0.05, 0.1) is 12.5 Å². The van der Waals surface area contributed by atoms with Gasteiger partial charge in [-0.1, -0.05) is 18.2 Å². The van der Waals surface area contributed by atoms with Gasteiger partial charge in [-0.25, -0.2) is 0 Å². The third kappa shape index (κ3) is 3.03. The molecule has 102 valence electrons. The number of aliphatic hydroxyl groups excluding tert-OH is 1. The fraction of sp³-hybridized carbons (Fsp3) is 0.385. The van der Waals surface area contributed by atoms with Gasteiger partial charge in [0.25, 0.3) is 0 Å². The number of aliphatic hydroxyl groups is 1. The van der Waals surface area contributed by atoms with Crippen LogP contribution in [-0.2, 0) is 9.59 Å². The van der Waals surface area contributed by atoms with Crippen LogP contribution in [0.25, 0.3) is 0 Å². The number of carbonyl (C=O) groups excluding carboxylic acids is 2. The number of benzene rings is 1. The quantitative estimate of drug-likeness (QED) is 0.590. The molecule has 0 saturated heterocycles. The summed E-state index contributed by atoms with van der Waals surface area (Å²) in [7, 11) is 0. The maximum atomic E-state index is 12.1. The molecule has 2 amide bonds. The van der Waals surface area contributed by atoms with Crippen LogP contribution in [-0.4, -0.2) is 36.1 Å². The Bertz CT molecular complexity index is 490. The van der Waals surface area contributed by atoms with Crippen LogP contribution in [0.15, 0.2) is 24.3 Å². The summed E-state index contributed by atoms with van der Waals surface area (Å²) in [6.07, 6.45) is -0.670. The number of anilines is 1. The first-order valence-corrected chi connectivity index (χ1v) is 6.17. The molecule has 5 N–H and O–H groups in total. The Balaban J connectivity index is 2.03. The molecular formula is C13H17N3O3. The Hall–Kier alpha value is -2.08.